The monoisotopic (exact) mass is 252 g/mol. The van der Waals surface area contributed by atoms with E-state index >= 15 is 0 Å². The molecule has 0 aromatic heterocycles. The topological polar surface area (TPSA) is 38.0 Å². The number of benzene rings is 2. The van der Waals surface area contributed by atoms with Crippen LogP contribution in [-0.2, 0) is 12.8 Å². The maximum atomic E-state index is 5.87. The molecule has 0 unspecified atom stereocenters. The average molecular weight is 252 g/mol. The minimum Gasteiger partial charge on any atom is -0.399 e. The van der Waals surface area contributed by atoms with Gasteiger partial charge in [0.1, 0.15) is 0 Å². The van der Waals surface area contributed by atoms with Crippen LogP contribution in [0.4, 0.5) is 17.1 Å². The molecular formula is C17H20N2. The predicted octanol–water partition coefficient (Wildman–Crippen LogP) is 4.20. The number of nitrogen functional groups attached to an aromatic ring is 1. The van der Waals surface area contributed by atoms with E-state index in [2.05, 4.69) is 29.6 Å². The maximum Gasteiger partial charge on any atom is 0.0419 e. The highest BCUT2D eigenvalue weighted by Gasteiger charge is 2.12. The van der Waals surface area contributed by atoms with Crippen LogP contribution in [0, 0.1) is 6.92 Å². The van der Waals surface area contributed by atoms with Gasteiger partial charge in [-0.25, -0.2) is 0 Å². The van der Waals surface area contributed by atoms with Gasteiger partial charge in [-0.2, -0.15) is 0 Å². The Labute approximate surface area is 114 Å². The van der Waals surface area contributed by atoms with E-state index in [0.717, 1.165) is 16.9 Å². The largest absolute Gasteiger partial charge is 0.399 e. The van der Waals surface area contributed by atoms with Gasteiger partial charge in [0.25, 0.3) is 0 Å². The molecule has 2 aromatic carbocycles. The van der Waals surface area contributed by atoms with Crippen molar-refractivity contribution >= 4 is 17.1 Å². The number of hydrogen-bond acceptors (Lipinski definition) is 2. The van der Waals surface area contributed by atoms with Crippen molar-refractivity contribution in [2.75, 3.05) is 11.1 Å². The number of fused-ring (bicyclic) bond motifs is 1. The fraction of sp³-hybridized carbons (Fsp3) is 0.294. The molecule has 98 valence electrons. The molecule has 3 N–H and O–H groups in total. The van der Waals surface area contributed by atoms with Gasteiger partial charge < -0.3 is 11.1 Å². The smallest absolute Gasteiger partial charge is 0.0419 e. The van der Waals surface area contributed by atoms with Gasteiger partial charge in [0.15, 0.2) is 0 Å². The molecule has 3 rings (SSSR count). The molecule has 19 heavy (non-hydrogen) atoms. The van der Waals surface area contributed by atoms with E-state index in [1.807, 2.05) is 19.1 Å². The lowest BCUT2D eigenvalue weighted by atomic mass is 9.90. The van der Waals surface area contributed by atoms with E-state index in [1.165, 1.54) is 42.5 Å². The highest BCUT2D eigenvalue weighted by Crippen LogP contribution is 2.30. The van der Waals surface area contributed by atoms with E-state index in [9.17, 15) is 0 Å². The molecule has 0 heterocycles. The second-order valence-electron chi connectivity index (χ2n) is 5.35. The zero-order chi connectivity index (χ0) is 13.2. The predicted molar refractivity (Wildman–Crippen MR) is 82.0 cm³/mol. The van der Waals surface area contributed by atoms with Crippen LogP contribution in [0.1, 0.15) is 29.5 Å². The summed E-state index contributed by atoms with van der Waals surface area (Å²) in [5.41, 5.74) is 13.2. The van der Waals surface area contributed by atoms with Gasteiger partial charge in [-0.05, 0) is 73.6 Å². The number of aryl methyl sites for hydroxylation is 2. The molecule has 0 saturated heterocycles. The minimum absolute atomic E-state index is 0.848. The lowest BCUT2D eigenvalue weighted by Crippen LogP contribution is -2.06. The normalized spacial score (nSPS) is 13.9. The number of nitrogens with one attached hydrogen (secondary N) is 1. The molecule has 0 fully saturated rings. The Hall–Kier alpha value is -1.96. The molecule has 1 aliphatic rings. The van der Waals surface area contributed by atoms with Crippen LogP contribution in [0.2, 0.25) is 0 Å². The third-order valence-electron chi connectivity index (χ3n) is 3.94. The van der Waals surface area contributed by atoms with Crippen molar-refractivity contribution < 1.29 is 0 Å². The van der Waals surface area contributed by atoms with E-state index in [1.54, 1.807) is 0 Å². The Bertz CT molecular complexity index is 602. The Kier molecular flexibility index (Phi) is 3.16. The Morgan fingerprint density at radius 3 is 2.74 bits per heavy atom. The first kappa shape index (κ1) is 12.1. The molecular weight excluding hydrogens is 232 g/mol. The number of hydrogen-bond donors (Lipinski definition) is 2. The summed E-state index contributed by atoms with van der Waals surface area (Å²) in [5, 5.41) is 3.54. The van der Waals surface area contributed by atoms with Crippen LogP contribution in [-0.4, -0.2) is 0 Å². The van der Waals surface area contributed by atoms with Gasteiger partial charge in [0, 0.05) is 17.1 Å². The minimum atomic E-state index is 0.848. The summed E-state index contributed by atoms with van der Waals surface area (Å²) < 4.78 is 0. The fourth-order valence-electron chi connectivity index (χ4n) is 2.81. The first-order valence-corrected chi connectivity index (χ1v) is 6.98. The Morgan fingerprint density at radius 1 is 1.05 bits per heavy atom. The molecule has 0 radical (unpaired) electrons. The molecule has 0 aliphatic heterocycles. The zero-order valence-electron chi connectivity index (χ0n) is 11.4. The molecule has 2 aromatic rings. The second kappa shape index (κ2) is 4.96. The summed E-state index contributed by atoms with van der Waals surface area (Å²) in [5.74, 6) is 0. The van der Waals surface area contributed by atoms with Gasteiger partial charge in [-0.15, -0.1) is 0 Å². The molecule has 0 saturated carbocycles. The van der Waals surface area contributed by atoms with Crippen molar-refractivity contribution in [3.05, 3.63) is 53.1 Å². The summed E-state index contributed by atoms with van der Waals surface area (Å²) in [6.45, 7) is 2.04. The van der Waals surface area contributed by atoms with Gasteiger partial charge in [-0.3, -0.25) is 0 Å². The van der Waals surface area contributed by atoms with Crippen molar-refractivity contribution in [3.8, 4) is 0 Å². The maximum absolute atomic E-state index is 5.87. The Balaban J connectivity index is 1.92. The van der Waals surface area contributed by atoms with E-state index in [4.69, 9.17) is 5.73 Å². The number of rotatable bonds is 2. The zero-order valence-corrected chi connectivity index (χ0v) is 11.4. The first-order valence-electron chi connectivity index (χ1n) is 6.98. The number of nitrogens with two attached hydrogens (primary N) is 1. The van der Waals surface area contributed by atoms with Crippen LogP contribution < -0.4 is 11.1 Å². The summed E-state index contributed by atoms with van der Waals surface area (Å²) in [4.78, 5) is 0. The van der Waals surface area contributed by atoms with Crippen LogP contribution >= 0.6 is 0 Å². The quantitative estimate of drug-likeness (QED) is 0.786. The van der Waals surface area contributed by atoms with Crippen molar-refractivity contribution in [2.24, 2.45) is 0 Å². The standard InChI is InChI=1S/C17H20N2/c1-12-11-14(9-10-16(12)18)19-17-8-4-6-13-5-2-3-7-15(13)17/h4,6,8-11,19H,2-3,5,7,18H2,1H3. The highest BCUT2D eigenvalue weighted by molar-refractivity contribution is 5.67. The van der Waals surface area contributed by atoms with Crippen LogP contribution in [0.3, 0.4) is 0 Å². The first-order chi connectivity index (χ1) is 9.24. The van der Waals surface area contributed by atoms with Crippen molar-refractivity contribution in [3.63, 3.8) is 0 Å². The summed E-state index contributed by atoms with van der Waals surface area (Å²) in [6, 6.07) is 12.7. The molecule has 0 spiro atoms. The van der Waals surface area contributed by atoms with Gasteiger partial charge in [0.05, 0.1) is 0 Å². The van der Waals surface area contributed by atoms with E-state index in [-0.39, 0.29) is 0 Å². The van der Waals surface area contributed by atoms with E-state index in [0.29, 0.717) is 0 Å². The summed E-state index contributed by atoms with van der Waals surface area (Å²) in [6.07, 6.45) is 5.02. The van der Waals surface area contributed by atoms with E-state index < -0.39 is 0 Å². The van der Waals surface area contributed by atoms with Crippen LogP contribution in [0.5, 0.6) is 0 Å². The second-order valence-corrected chi connectivity index (χ2v) is 5.35. The van der Waals surface area contributed by atoms with Gasteiger partial charge >= 0.3 is 0 Å². The van der Waals surface area contributed by atoms with Crippen molar-refractivity contribution in [2.45, 2.75) is 32.6 Å². The lowest BCUT2D eigenvalue weighted by molar-refractivity contribution is 0.687. The van der Waals surface area contributed by atoms with Crippen molar-refractivity contribution in [1.82, 2.24) is 0 Å². The fourth-order valence-corrected chi connectivity index (χ4v) is 2.81. The molecule has 0 amide bonds. The van der Waals surface area contributed by atoms with Crippen LogP contribution in [0.25, 0.3) is 0 Å². The molecule has 2 nitrogen and oxygen atoms in total. The molecule has 0 atom stereocenters. The van der Waals surface area contributed by atoms with Crippen molar-refractivity contribution in [1.29, 1.82) is 0 Å². The third kappa shape index (κ3) is 2.43. The molecule has 1 aliphatic carbocycles. The lowest BCUT2D eigenvalue weighted by Gasteiger charge is -2.20. The highest BCUT2D eigenvalue weighted by atomic mass is 14.9. The average Bonchev–Trinajstić information content (AvgIpc) is 2.43. The Morgan fingerprint density at radius 2 is 1.89 bits per heavy atom. The SMILES string of the molecule is Cc1cc(Nc2cccc3c2CCCC3)ccc1N. The van der Waals surface area contributed by atoms with Gasteiger partial charge in [0.2, 0.25) is 0 Å². The number of anilines is 3. The third-order valence-corrected chi connectivity index (χ3v) is 3.94. The summed E-state index contributed by atoms with van der Waals surface area (Å²) >= 11 is 0. The summed E-state index contributed by atoms with van der Waals surface area (Å²) in [7, 11) is 0. The molecule has 0 bridgehead atoms. The van der Waals surface area contributed by atoms with Gasteiger partial charge in [-0.1, -0.05) is 12.1 Å². The molecule has 2 heteroatoms. The van der Waals surface area contributed by atoms with Crippen LogP contribution in [0.15, 0.2) is 36.4 Å².